The second-order valence-electron chi connectivity index (χ2n) is 4.92. The molecule has 0 heterocycles. The third-order valence-electron chi connectivity index (χ3n) is 2.93. The van der Waals surface area contributed by atoms with Crippen LogP contribution in [-0.4, -0.2) is 0 Å². The van der Waals surface area contributed by atoms with Gasteiger partial charge in [-0.3, -0.25) is 0 Å². The van der Waals surface area contributed by atoms with E-state index in [0.29, 0.717) is 0 Å². The summed E-state index contributed by atoms with van der Waals surface area (Å²) in [5, 5.41) is 0. The Morgan fingerprint density at radius 1 is 0.619 bits per heavy atom. The lowest BCUT2D eigenvalue weighted by molar-refractivity contribution is 0.664. The van der Waals surface area contributed by atoms with E-state index in [1.807, 2.05) is 36.5 Å². The fourth-order valence-corrected chi connectivity index (χ4v) is 1.78. The maximum Gasteiger partial charge on any atom is -0.0348 e. The average Bonchev–Trinajstić information content (AvgIpc) is 2.50. The second kappa shape index (κ2) is 18.4. The highest BCUT2D eigenvalue weighted by molar-refractivity contribution is 5.18. The van der Waals surface area contributed by atoms with Crippen LogP contribution in [0.15, 0.2) is 73.4 Å². The Labute approximate surface area is 132 Å². The zero-order valence-corrected chi connectivity index (χ0v) is 13.6. The van der Waals surface area contributed by atoms with Crippen LogP contribution in [0.3, 0.4) is 0 Å². The van der Waals surface area contributed by atoms with E-state index in [2.05, 4.69) is 44.2 Å². The molecule has 0 aromatic heterocycles. The summed E-state index contributed by atoms with van der Waals surface area (Å²) < 4.78 is 0. The van der Waals surface area contributed by atoms with Gasteiger partial charge in [-0.1, -0.05) is 112 Å². The van der Waals surface area contributed by atoms with Crippen LogP contribution in [0.1, 0.15) is 51.9 Å². The first-order valence-corrected chi connectivity index (χ1v) is 8.17. The van der Waals surface area contributed by atoms with Crippen LogP contribution in [0.5, 0.6) is 0 Å². The van der Waals surface area contributed by atoms with Gasteiger partial charge in [-0.15, -0.1) is 0 Å². The van der Waals surface area contributed by atoms with Crippen molar-refractivity contribution in [3.05, 3.63) is 79.8 Å². The minimum Gasteiger partial charge on any atom is -0.0991 e. The van der Waals surface area contributed by atoms with Gasteiger partial charge >= 0.3 is 0 Å². The molecule has 0 spiro atoms. The van der Waals surface area contributed by atoms with E-state index < -0.39 is 0 Å². The lowest BCUT2D eigenvalue weighted by Crippen LogP contribution is -1.79. The van der Waals surface area contributed by atoms with Crippen molar-refractivity contribution in [3.63, 3.8) is 0 Å². The first-order valence-electron chi connectivity index (χ1n) is 8.17. The molecule has 0 aromatic rings. The smallest absolute Gasteiger partial charge is 0.0348 e. The largest absolute Gasteiger partial charge is 0.0991 e. The summed E-state index contributed by atoms with van der Waals surface area (Å²) in [6.07, 6.45) is 33.7. The van der Waals surface area contributed by atoms with Crippen LogP contribution in [0.4, 0.5) is 0 Å². The Bertz CT molecular complexity index is 350. The van der Waals surface area contributed by atoms with Gasteiger partial charge in [0.15, 0.2) is 0 Å². The second-order valence-corrected chi connectivity index (χ2v) is 4.92. The fourth-order valence-electron chi connectivity index (χ4n) is 1.78. The van der Waals surface area contributed by atoms with Gasteiger partial charge < -0.3 is 0 Å². The molecule has 0 bridgehead atoms. The Kier molecular flexibility index (Phi) is 17.1. The zero-order chi connectivity index (χ0) is 15.4. The van der Waals surface area contributed by atoms with Crippen LogP contribution >= 0.6 is 0 Å². The van der Waals surface area contributed by atoms with Gasteiger partial charge in [0, 0.05) is 0 Å². The first-order chi connectivity index (χ1) is 10.4. The van der Waals surface area contributed by atoms with Gasteiger partial charge in [0.2, 0.25) is 0 Å². The molecule has 0 aromatic carbocycles. The molecule has 0 saturated heterocycles. The van der Waals surface area contributed by atoms with E-state index in [9.17, 15) is 0 Å². The highest BCUT2D eigenvalue weighted by Gasteiger charge is 1.88. The normalized spacial score (nSPS) is 12.8. The molecule has 0 fully saturated rings. The van der Waals surface area contributed by atoms with Crippen molar-refractivity contribution in [2.45, 2.75) is 51.9 Å². The summed E-state index contributed by atoms with van der Waals surface area (Å²) in [6, 6.07) is 0. The summed E-state index contributed by atoms with van der Waals surface area (Å²) in [5.74, 6) is 0. The highest BCUT2D eigenvalue weighted by Crippen LogP contribution is 2.07. The maximum absolute atomic E-state index is 3.61. The molecule has 0 unspecified atom stereocenters. The number of hydrogen-bond donors (Lipinski definition) is 0. The molecule has 115 valence electrons. The molecule has 0 nitrogen and oxygen atoms in total. The number of unbranched alkanes of at least 4 members (excludes halogenated alkanes) is 7. The number of allylic oxidation sites excluding steroid dienone is 11. The summed E-state index contributed by atoms with van der Waals surface area (Å²) in [6.45, 7) is 5.85. The molecule has 0 aliphatic rings. The van der Waals surface area contributed by atoms with Crippen molar-refractivity contribution in [1.82, 2.24) is 0 Å². The SMILES string of the molecule is C=C\C=C/C=C\C=C\C=C/C=C\CCCCC[CH]CCC. The molecular weight excluding hydrogens is 252 g/mol. The Hall–Kier alpha value is -1.56. The first kappa shape index (κ1) is 19.4. The molecule has 1 radical (unpaired) electrons. The van der Waals surface area contributed by atoms with Crippen LogP contribution < -0.4 is 0 Å². The lowest BCUT2D eigenvalue weighted by Gasteiger charge is -1.98. The third kappa shape index (κ3) is 18.4. The molecule has 0 rings (SSSR count). The summed E-state index contributed by atoms with van der Waals surface area (Å²) in [7, 11) is 0. The van der Waals surface area contributed by atoms with Gasteiger partial charge in [-0.05, 0) is 19.3 Å². The third-order valence-corrected chi connectivity index (χ3v) is 2.93. The van der Waals surface area contributed by atoms with E-state index in [0.717, 1.165) is 0 Å². The van der Waals surface area contributed by atoms with E-state index in [1.165, 1.54) is 44.9 Å². The predicted molar refractivity (Wildman–Crippen MR) is 98.2 cm³/mol. The summed E-state index contributed by atoms with van der Waals surface area (Å²) >= 11 is 0. The maximum atomic E-state index is 3.61. The van der Waals surface area contributed by atoms with Gasteiger partial charge in [0.05, 0.1) is 0 Å². The van der Waals surface area contributed by atoms with Crippen molar-refractivity contribution >= 4 is 0 Å². The number of hydrogen-bond acceptors (Lipinski definition) is 0. The van der Waals surface area contributed by atoms with Gasteiger partial charge in [-0.25, -0.2) is 0 Å². The molecule has 0 saturated carbocycles. The summed E-state index contributed by atoms with van der Waals surface area (Å²) in [5.41, 5.74) is 0. The van der Waals surface area contributed by atoms with Crippen molar-refractivity contribution in [2.75, 3.05) is 0 Å². The molecule has 0 amide bonds. The van der Waals surface area contributed by atoms with Gasteiger partial charge in [0.1, 0.15) is 0 Å². The predicted octanol–water partition coefficient (Wildman–Crippen LogP) is 6.91. The standard InChI is InChI=1S/C21H31/c1-3-5-7-9-11-13-15-17-19-21-20-18-16-14-12-10-8-6-4-2/h3,5,7-9,11,13,15,17,19-21H,1,4,6,10,12,14,16,18H2,2H3/b7-5-,11-9-,15-13+,19-17-,21-20-. The lowest BCUT2D eigenvalue weighted by atomic mass is 10.1. The minimum atomic E-state index is 1.19. The molecule has 0 N–H and O–H groups in total. The molecule has 0 heteroatoms. The number of rotatable bonds is 13. The topological polar surface area (TPSA) is 0 Å². The fraction of sp³-hybridized carbons (Fsp3) is 0.381. The van der Waals surface area contributed by atoms with Crippen LogP contribution in [0.2, 0.25) is 0 Å². The Morgan fingerprint density at radius 3 is 1.81 bits per heavy atom. The van der Waals surface area contributed by atoms with Crippen LogP contribution in [-0.2, 0) is 0 Å². The van der Waals surface area contributed by atoms with E-state index >= 15 is 0 Å². The van der Waals surface area contributed by atoms with Crippen LogP contribution in [0, 0.1) is 6.42 Å². The van der Waals surface area contributed by atoms with E-state index in [1.54, 1.807) is 6.08 Å². The Morgan fingerprint density at radius 2 is 1.19 bits per heavy atom. The van der Waals surface area contributed by atoms with Gasteiger partial charge in [0.25, 0.3) is 0 Å². The van der Waals surface area contributed by atoms with Gasteiger partial charge in [-0.2, -0.15) is 0 Å². The van der Waals surface area contributed by atoms with Crippen molar-refractivity contribution in [2.24, 2.45) is 0 Å². The quantitative estimate of drug-likeness (QED) is 0.254. The van der Waals surface area contributed by atoms with Crippen molar-refractivity contribution in [1.29, 1.82) is 0 Å². The van der Waals surface area contributed by atoms with E-state index in [4.69, 9.17) is 0 Å². The minimum absolute atomic E-state index is 1.19. The molecule has 0 atom stereocenters. The van der Waals surface area contributed by atoms with E-state index in [-0.39, 0.29) is 0 Å². The molecular formula is C21H31. The monoisotopic (exact) mass is 283 g/mol. The Balaban J connectivity index is 3.44. The van der Waals surface area contributed by atoms with Crippen molar-refractivity contribution in [3.8, 4) is 0 Å². The van der Waals surface area contributed by atoms with Crippen molar-refractivity contribution < 1.29 is 0 Å². The molecule has 21 heavy (non-hydrogen) atoms. The molecule has 0 aliphatic heterocycles. The average molecular weight is 283 g/mol. The zero-order valence-electron chi connectivity index (χ0n) is 13.6. The highest BCUT2D eigenvalue weighted by atomic mass is 13.9. The summed E-state index contributed by atoms with van der Waals surface area (Å²) in [4.78, 5) is 0. The molecule has 0 aliphatic carbocycles. The van der Waals surface area contributed by atoms with Crippen LogP contribution in [0.25, 0.3) is 0 Å².